The molecule has 0 aromatic carbocycles. The van der Waals surface area contributed by atoms with Crippen molar-refractivity contribution in [3.8, 4) is 0 Å². The highest BCUT2D eigenvalue weighted by atomic mass is 32.2. The van der Waals surface area contributed by atoms with Gasteiger partial charge in [-0.25, -0.2) is 12.7 Å². The normalized spacial score (nSPS) is 31.0. The maximum atomic E-state index is 12.7. The molecular formula is C14H26N2O4S. The number of likely N-dealkylation sites (tertiary alicyclic amines) is 1. The molecule has 1 aliphatic heterocycles. The maximum Gasteiger partial charge on any atom is 0.310 e. The van der Waals surface area contributed by atoms with Crippen molar-refractivity contribution in [1.29, 1.82) is 0 Å². The lowest BCUT2D eigenvalue weighted by Gasteiger charge is -2.26. The van der Waals surface area contributed by atoms with E-state index in [-0.39, 0.29) is 0 Å². The number of methoxy groups -OCH3 is 1. The third-order valence-electron chi connectivity index (χ3n) is 4.78. The van der Waals surface area contributed by atoms with Gasteiger partial charge in [-0.05, 0) is 38.8 Å². The lowest BCUT2D eigenvalue weighted by molar-refractivity contribution is -0.145. The molecule has 1 heterocycles. The molecule has 122 valence electrons. The van der Waals surface area contributed by atoms with Gasteiger partial charge in [0.2, 0.25) is 10.0 Å². The van der Waals surface area contributed by atoms with Crippen LogP contribution >= 0.6 is 0 Å². The van der Waals surface area contributed by atoms with Crippen molar-refractivity contribution < 1.29 is 17.9 Å². The molecule has 2 fully saturated rings. The van der Waals surface area contributed by atoms with E-state index in [0.29, 0.717) is 25.3 Å². The fourth-order valence-electron chi connectivity index (χ4n) is 3.58. The first-order chi connectivity index (χ1) is 9.86. The van der Waals surface area contributed by atoms with Crippen molar-refractivity contribution in [2.24, 2.45) is 11.8 Å². The minimum absolute atomic E-state index is 0.382. The summed E-state index contributed by atoms with van der Waals surface area (Å²) in [5.74, 6) is -0.517. The van der Waals surface area contributed by atoms with Crippen molar-refractivity contribution in [1.82, 2.24) is 9.21 Å². The molecule has 0 amide bonds. The summed E-state index contributed by atoms with van der Waals surface area (Å²) in [6, 6.07) is 0. The number of carbonyl (C=O) groups is 1. The number of hydrogen-bond donors (Lipinski definition) is 0. The van der Waals surface area contributed by atoms with Crippen LogP contribution in [0.15, 0.2) is 0 Å². The summed E-state index contributed by atoms with van der Waals surface area (Å²) in [4.78, 5) is 14.0. The second kappa shape index (κ2) is 6.62. The van der Waals surface area contributed by atoms with Gasteiger partial charge in [0.25, 0.3) is 0 Å². The van der Waals surface area contributed by atoms with Crippen LogP contribution in [-0.2, 0) is 19.6 Å². The number of nitrogens with zero attached hydrogens (tertiary/aromatic N) is 2. The Bertz CT molecular complexity index is 479. The molecule has 0 aromatic heterocycles. The molecule has 1 saturated heterocycles. The Morgan fingerprint density at radius 3 is 2.62 bits per heavy atom. The number of hydrogen-bond acceptors (Lipinski definition) is 5. The van der Waals surface area contributed by atoms with Gasteiger partial charge in [-0.1, -0.05) is 6.42 Å². The predicted octanol–water partition coefficient (Wildman–Crippen LogP) is 0.541. The minimum atomic E-state index is -3.43. The SMILES string of the molecule is COC(=O)C1CCCC1S(=O)(=O)N(C)CC1CCN(C)C1. The Kier molecular flexibility index (Phi) is 5.27. The van der Waals surface area contributed by atoms with Crippen LogP contribution in [0, 0.1) is 11.8 Å². The molecular weight excluding hydrogens is 292 g/mol. The van der Waals surface area contributed by atoms with Crippen LogP contribution in [-0.4, -0.2) is 69.7 Å². The van der Waals surface area contributed by atoms with Crippen molar-refractivity contribution in [3.05, 3.63) is 0 Å². The highest BCUT2D eigenvalue weighted by Gasteiger charge is 2.44. The zero-order valence-electron chi connectivity index (χ0n) is 13.1. The van der Waals surface area contributed by atoms with E-state index in [9.17, 15) is 13.2 Å². The number of ether oxygens (including phenoxy) is 1. The second-order valence-corrected chi connectivity index (χ2v) is 8.60. The molecule has 0 spiro atoms. The summed E-state index contributed by atoms with van der Waals surface area (Å²) in [6.45, 7) is 2.49. The lowest BCUT2D eigenvalue weighted by Crippen LogP contribution is -2.42. The molecule has 0 radical (unpaired) electrons. The fourth-order valence-corrected chi connectivity index (χ4v) is 5.59. The monoisotopic (exact) mass is 318 g/mol. The Labute approximate surface area is 127 Å². The molecule has 3 atom stereocenters. The van der Waals surface area contributed by atoms with Crippen molar-refractivity contribution >= 4 is 16.0 Å². The van der Waals surface area contributed by atoms with Gasteiger partial charge in [0.15, 0.2) is 0 Å². The lowest BCUT2D eigenvalue weighted by atomic mass is 10.1. The van der Waals surface area contributed by atoms with Gasteiger partial charge in [-0.3, -0.25) is 4.79 Å². The molecule has 1 aliphatic carbocycles. The van der Waals surface area contributed by atoms with Crippen LogP contribution in [0.4, 0.5) is 0 Å². The van der Waals surface area contributed by atoms with Crippen molar-refractivity contribution in [3.63, 3.8) is 0 Å². The summed E-state index contributed by atoms with van der Waals surface area (Å²) >= 11 is 0. The van der Waals surface area contributed by atoms with Gasteiger partial charge in [0.05, 0.1) is 18.3 Å². The van der Waals surface area contributed by atoms with E-state index < -0.39 is 27.2 Å². The van der Waals surface area contributed by atoms with Crippen LogP contribution in [0.5, 0.6) is 0 Å². The number of sulfonamides is 1. The van der Waals surface area contributed by atoms with Crippen LogP contribution in [0.25, 0.3) is 0 Å². The van der Waals surface area contributed by atoms with Crippen molar-refractivity contribution in [2.75, 3.05) is 40.8 Å². The van der Waals surface area contributed by atoms with Crippen LogP contribution < -0.4 is 0 Å². The average Bonchev–Trinajstić information content (AvgIpc) is 3.07. The summed E-state index contributed by atoms with van der Waals surface area (Å²) < 4.78 is 31.7. The van der Waals surface area contributed by atoms with E-state index in [1.165, 1.54) is 11.4 Å². The summed E-state index contributed by atoms with van der Waals surface area (Å²) in [7, 11) is 1.58. The van der Waals surface area contributed by atoms with E-state index >= 15 is 0 Å². The van der Waals surface area contributed by atoms with Crippen LogP contribution in [0.3, 0.4) is 0 Å². The third kappa shape index (κ3) is 3.57. The van der Waals surface area contributed by atoms with E-state index in [4.69, 9.17) is 4.74 Å². The molecule has 2 rings (SSSR count). The Balaban J connectivity index is 2.04. The standard InChI is InChI=1S/C14H26N2O4S/c1-15-8-7-11(9-15)10-16(2)21(18,19)13-6-4-5-12(13)14(17)20-3/h11-13H,4-10H2,1-3H3. The summed E-state index contributed by atoms with van der Waals surface area (Å²) in [6.07, 6.45) is 2.96. The van der Waals surface area contributed by atoms with Crippen LogP contribution in [0.1, 0.15) is 25.7 Å². The first-order valence-corrected chi connectivity index (χ1v) is 9.08. The molecule has 7 heteroatoms. The van der Waals surface area contributed by atoms with E-state index in [0.717, 1.165) is 25.9 Å². The molecule has 3 unspecified atom stereocenters. The topological polar surface area (TPSA) is 66.9 Å². The Morgan fingerprint density at radius 1 is 1.33 bits per heavy atom. The Hall–Kier alpha value is -0.660. The first-order valence-electron chi connectivity index (χ1n) is 7.57. The van der Waals surface area contributed by atoms with Gasteiger partial charge >= 0.3 is 5.97 Å². The van der Waals surface area contributed by atoms with Gasteiger partial charge in [-0.15, -0.1) is 0 Å². The molecule has 21 heavy (non-hydrogen) atoms. The molecule has 2 aliphatic rings. The van der Waals surface area contributed by atoms with E-state index in [2.05, 4.69) is 11.9 Å². The minimum Gasteiger partial charge on any atom is -0.469 e. The molecule has 0 aromatic rings. The summed E-state index contributed by atoms with van der Waals surface area (Å²) in [5, 5.41) is -0.617. The highest BCUT2D eigenvalue weighted by Crippen LogP contribution is 2.34. The zero-order valence-corrected chi connectivity index (χ0v) is 13.9. The van der Waals surface area contributed by atoms with Gasteiger partial charge in [0, 0.05) is 20.1 Å². The molecule has 6 nitrogen and oxygen atoms in total. The number of esters is 1. The third-order valence-corrected chi connectivity index (χ3v) is 7.13. The molecule has 0 N–H and O–H groups in total. The van der Waals surface area contributed by atoms with Gasteiger partial charge in [-0.2, -0.15) is 0 Å². The smallest absolute Gasteiger partial charge is 0.310 e. The van der Waals surface area contributed by atoms with E-state index in [1.807, 2.05) is 0 Å². The number of rotatable bonds is 5. The van der Waals surface area contributed by atoms with E-state index in [1.54, 1.807) is 7.05 Å². The first kappa shape index (κ1) is 16.7. The predicted molar refractivity (Wildman–Crippen MR) is 80.3 cm³/mol. The largest absolute Gasteiger partial charge is 0.469 e. The summed E-state index contributed by atoms with van der Waals surface area (Å²) in [5.41, 5.74) is 0. The number of carbonyl (C=O) groups excluding carboxylic acids is 1. The quantitative estimate of drug-likeness (QED) is 0.692. The van der Waals surface area contributed by atoms with Gasteiger partial charge in [0.1, 0.15) is 0 Å². The fraction of sp³-hybridized carbons (Fsp3) is 0.929. The highest BCUT2D eigenvalue weighted by molar-refractivity contribution is 7.89. The molecule has 0 bridgehead atoms. The van der Waals surface area contributed by atoms with Gasteiger partial charge < -0.3 is 9.64 Å². The van der Waals surface area contributed by atoms with Crippen LogP contribution in [0.2, 0.25) is 0 Å². The molecule has 1 saturated carbocycles. The average molecular weight is 318 g/mol. The maximum absolute atomic E-state index is 12.7. The second-order valence-electron chi connectivity index (χ2n) is 6.34. The zero-order chi connectivity index (χ0) is 15.6. The Morgan fingerprint density at radius 2 is 2.05 bits per heavy atom. The van der Waals surface area contributed by atoms with Crippen molar-refractivity contribution in [2.45, 2.75) is 30.9 Å².